The third-order valence-corrected chi connectivity index (χ3v) is 7.46. The second kappa shape index (κ2) is 13.4. The lowest BCUT2D eigenvalue weighted by Crippen LogP contribution is -2.51. The number of para-hydroxylation sites is 1. The smallest absolute Gasteiger partial charge is 0.247 e. The molecule has 204 valence electrons. The van der Waals surface area contributed by atoms with Crippen LogP contribution < -0.4 is 10.9 Å². The number of H-pyrrole nitrogens is 1. The molecular formula is C28H36N4O5S. The summed E-state index contributed by atoms with van der Waals surface area (Å²) in [5.41, 5.74) is 7.02. The van der Waals surface area contributed by atoms with Gasteiger partial charge in [-0.1, -0.05) is 74.5 Å². The van der Waals surface area contributed by atoms with E-state index in [1.165, 1.54) is 0 Å². The molecule has 0 bridgehead atoms. The Hall–Kier alpha value is -3.47. The Balaban J connectivity index is 1.80. The van der Waals surface area contributed by atoms with E-state index in [0.717, 1.165) is 32.7 Å². The lowest BCUT2D eigenvalue weighted by molar-refractivity contribution is -0.141. The van der Waals surface area contributed by atoms with Crippen molar-refractivity contribution in [2.75, 3.05) is 12.8 Å². The predicted octanol–water partition coefficient (Wildman–Crippen LogP) is 3.89. The lowest BCUT2D eigenvalue weighted by atomic mass is 9.82. The minimum Gasteiger partial charge on any atom is -0.361 e. The molecule has 0 fully saturated rings. The molecule has 4 N–H and O–H groups in total. The first-order valence-electron chi connectivity index (χ1n) is 12.6. The number of fused-ring (bicyclic) bond motifs is 1. The van der Waals surface area contributed by atoms with E-state index in [1.54, 1.807) is 11.6 Å². The van der Waals surface area contributed by atoms with Gasteiger partial charge in [-0.25, -0.2) is 13.9 Å². The first-order valence-corrected chi connectivity index (χ1v) is 14.4. The van der Waals surface area contributed by atoms with Crippen molar-refractivity contribution in [3.8, 4) is 0 Å². The minimum absolute atomic E-state index is 0.0194. The number of hydrogen-bond donors (Lipinski definition) is 4. The molecule has 1 aromatic heterocycles. The second-order valence-corrected chi connectivity index (χ2v) is 11.7. The number of carbonyl (C=O) groups excluding carboxylic acids is 2. The molecule has 2 atom stereocenters. The van der Waals surface area contributed by atoms with Gasteiger partial charge in [0.1, 0.15) is 0 Å². The number of sulfonamides is 1. The van der Waals surface area contributed by atoms with Gasteiger partial charge in [0, 0.05) is 23.6 Å². The monoisotopic (exact) mass is 540 g/mol. The zero-order valence-corrected chi connectivity index (χ0v) is 22.7. The van der Waals surface area contributed by atoms with Crippen molar-refractivity contribution in [2.24, 2.45) is 17.8 Å². The van der Waals surface area contributed by atoms with Gasteiger partial charge in [-0.05, 0) is 42.4 Å². The Morgan fingerprint density at radius 1 is 1.03 bits per heavy atom. The zero-order chi connectivity index (χ0) is 27.7. The van der Waals surface area contributed by atoms with Crippen LogP contribution in [0.2, 0.25) is 0 Å². The molecule has 0 saturated heterocycles. The first kappa shape index (κ1) is 29.1. The fourth-order valence-electron chi connectivity index (χ4n) is 4.48. The largest absolute Gasteiger partial charge is 0.361 e. The summed E-state index contributed by atoms with van der Waals surface area (Å²) < 4.78 is 26.1. The van der Waals surface area contributed by atoms with E-state index in [2.05, 4.69) is 10.4 Å². The molecule has 0 radical (unpaired) electrons. The van der Waals surface area contributed by atoms with Crippen LogP contribution in [0.15, 0.2) is 66.9 Å². The van der Waals surface area contributed by atoms with E-state index in [9.17, 15) is 23.2 Å². The van der Waals surface area contributed by atoms with Gasteiger partial charge in [0.15, 0.2) is 0 Å². The molecule has 0 saturated carbocycles. The summed E-state index contributed by atoms with van der Waals surface area (Å²) in [6.45, 7) is 3.85. The van der Waals surface area contributed by atoms with E-state index < -0.39 is 33.7 Å². The highest BCUT2D eigenvalue weighted by Crippen LogP contribution is 2.26. The number of benzene rings is 2. The number of nitrogens with one attached hydrogen (secondary N) is 3. The van der Waals surface area contributed by atoms with E-state index in [-0.39, 0.29) is 18.9 Å². The highest BCUT2D eigenvalue weighted by atomic mass is 32.2. The third-order valence-electron chi connectivity index (χ3n) is 6.39. The standard InChI is InChI=1S/C28H36N4O5S/c1-20(2)18-25(24(28(34)31-35)14-9-12-21-10-5-4-6-11-21)27(33)30-32(38(3,36)37)17-16-22-19-29-26-15-8-7-13-23(22)26/h4-13,15,19-20,24-25,29,35H,14,16-18H2,1-3H3,(H,30,33)(H,31,34)/b12-9+/t24-,25+/m0/s1. The maximum absolute atomic E-state index is 13.5. The number of hydrogen-bond acceptors (Lipinski definition) is 5. The molecule has 0 aliphatic carbocycles. The molecule has 3 aromatic rings. The summed E-state index contributed by atoms with van der Waals surface area (Å²) in [7, 11) is -3.81. The molecule has 38 heavy (non-hydrogen) atoms. The molecular weight excluding hydrogens is 504 g/mol. The number of amides is 2. The fraction of sp³-hybridized carbons (Fsp3) is 0.357. The van der Waals surface area contributed by atoms with E-state index in [1.807, 2.05) is 80.7 Å². The summed E-state index contributed by atoms with van der Waals surface area (Å²) in [5.74, 6) is -3.04. The van der Waals surface area contributed by atoms with Crippen molar-refractivity contribution in [1.29, 1.82) is 0 Å². The number of carbonyl (C=O) groups is 2. The lowest BCUT2D eigenvalue weighted by Gasteiger charge is -2.28. The van der Waals surface area contributed by atoms with Crippen LogP contribution in [-0.4, -0.2) is 47.6 Å². The van der Waals surface area contributed by atoms with Gasteiger partial charge in [0.05, 0.1) is 18.1 Å². The normalized spacial score (nSPS) is 13.7. The van der Waals surface area contributed by atoms with Crippen molar-refractivity contribution in [2.45, 2.75) is 33.1 Å². The van der Waals surface area contributed by atoms with Gasteiger partial charge in [0.2, 0.25) is 21.8 Å². The van der Waals surface area contributed by atoms with Gasteiger partial charge in [-0.2, -0.15) is 0 Å². The van der Waals surface area contributed by atoms with Gasteiger partial charge >= 0.3 is 0 Å². The van der Waals surface area contributed by atoms with Crippen LogP contribution in [0.4, 0.5) is 0 Å². The van der Waals surface area contributed by atoms with Crippen LogP contribution in [0.25, 0.3) is 17.0 Å². The number of allylic oxidation sites excluding steroid dienone is 1. The second-order valence-electron chi connectivity index (χ2n) is 9.79. The van der Waals surface area contributed by atoms with Gasteiger partial charge in [-0.15, -0.1) is 4.41 Å². The maximum Gasteiger partial charge on any atom is 0.247 e. The van der Waals surface area contributed by atoms with Crippen LogP contribution in [-0.2, 0) is 26.0 Å². The molecule has 0 spiro atoms. The maximum atomic E-state index is 13.5. The van der Waals surface area contributed by atoms with Crippen molar-refractivity contribution in [1.82, 2.24) is 20.3 Å². The molecule has 2 amide bonds. The van der Waals surface area contributed by atoms with Crippen molar-refractivity contribution in [3.63, 3.8) is 0 Å². The number of rotatable bonds is 13. The fourth-order valence-corrected chi connectivity index (χ4v) is 5.16. The topological polar surface area (TPSA) is 132 Å². The van der Waals surface area contributed by atoms with Crippen LogP contribution in [0, 0.1) is 17.8 Å². The predicted molar refractivity (Wildman–Crippen MR) is 148 cm³/mol. The van der Waals surface area contributed by atoms with E-state index >= 15 is 0 Å². The van der Waals surface area contributed by atoms with Crippen molar-refractivity contribution < 1.29 is 23.2 Å². The molecule has 3 rings (SSSR count). The number of hydroxylamine groups is 1. The van der Waals surface area contributed by atoms with Gasteiger partial charge in [0.25, 0.3) is 0 Å². The first-order chi connectivity index (χ1) is 18.1. The van der Waals surface area contributed by atoms with E-state index in [0.29, 0.717) is 12.8 Å². The van der Waals surface area contributed by atoms with Crippen LogP contribution in [0.1, 0.15) is 37.8 Å². The van der Waals surface area contributed by atoms with Gasteiger partial charge in [-0.3, -0.25) is 20.2 Å². The third kappa shape index (κ3) is 8.01. The zero-order valence-electron chi connectivity index (χ0n) is 21.9. The van der Waals surface area contributed by atoms with Crippen molar-refractivity contribution in [3.05, 3.63) is 78.0 Å². The Morgan fingerprint density at radius 3 is 2.37 bits per heavy atom. The summed E-state index contributed by atoms with van der Waals surface area (Å²) in [4.78, 5) is 29.3. The molecule has 10 heteroatoms. The van der Waals surface area contributed by atoms with Crippen LogP contribution >= 0.6 is 0 Å². The number of nitrogens with zero attached hydrogens (tertiary/aromatic N) is 1. The SMILES string of the molecule is CC(C)C[C@@H](C(=O)NN(CCc1c[nH]c2ccccc12)S(C)(=O)=O)[C@H](C/C=C/c1ccccc1)C(=O)NO. The Labute approximate surface area is 223 Å². The summed E-state index contributed by atoms with van der Waals surface area (Å²) >= 11 is 0. The molecule has 9 nitrogen and oxygen atoms in total. The molecule has 1 heterocycles. The summed E-state index contributed by atoms with van der Waals surface area (Å²) in [6, 6.07) is 17.2. The highest BCUT2D eigenvalue weighted by Gasteiger charge is 2.35. The number of aromatic nitrogens is 1. The molecule has 0 unspecified atom stereocenters. The molecule has 0 aliphatic heterocycles. The Bertz CT molecular complexity index is 1350. The minimum atomic E-state index is -3.81. The van der Waals surface area contributed by atoms with E-state index in [4.69, 9.17) is 0 Å². The number of aromatic amines is 1. The average Bonchev–Trinajstić information content (AvgIpc) is 3.30. The summed E-state index contributed by atoms with van der Waals surface area (Å²) in [5, 5.41) is 10.4. The molecule has 2 aromatic carbocycles. The summed E-state index contributed by atoms with van der Waals surface area (Å²) in [6.07, 6.45) is 7.35. The van der Waals surface area contributed by atoms with Gasteiger partial charge < -0.3 is 4.98 Å². The average molecular weight is 541 g/mol. The quantitative estimate of drug-likeness (QED) is 0.193. The Morgan fingerprint density at radius 2 is 1.71 bits per heavy atom. The van der Waals surface area contributed by atoms with Crippen LogP contribution in [0.3, 0.4) is 0 Å². The highest BCUT2D eigenvalue weighted by molar-refractivity contribution is 7.88. The number of hydrazine groups is 1. The Kier molecular flexibility index (Phi) is 10.2. The van der Waals surface area contributed by atoms with Crippen LogP contribution in [0.5, 0.6) is 0 Å². The van der Waals surface area contributed by atoms with Crippen molar-refractivity contribution >= 4 is 38.8 Å². The molecule has 0 aliphatic rings.